The molecule has 0 heterocycles. The number of anilines is 1. The van der Waals surface area contributed by atoms with Crippen molar-refractivity contribution >= 4 is 11.9 Å². The molecule has 76 valence electrons. The first-order valence-corrected chi connectivity index (χ1v) is 3.91. The van der Waals surface area contributed by atoms with Gasteiger partial charge < -0.3 is 20.4 Å². The number of methoxy groups -OCH3 is 2. The third-order valence-electron chi connectivity index (χ3n) is 1.79. The summed E-state index contributed by atoms with van der Waals surface area (Å²) in [5.74, 6) is 1.08. The first-order chi connectivity index (χ1) is 6.72. The Hall–Kier alpha value is -1.91. The molecule has 0 aliphatic carbocycles. The second kappa shape index (κ2) is 4.36. The average molecular weight is 196 g/mol. The van der Waals surface area contributed by atoms with E-state index in [1.807, 2.05) is 0 Å². The van der Waals surface area contributed by atoms with Gasteiger partial charge in [-0.05, 0) is 6.07 Å². The van der Waals surface area contributed by atoms with Crippen molar-refractivity contribution in [3.63, 3.8) is 0 Å². The number of oxime groups is 1. The van der Waals surface area contributed by atoms with E-state index in [-0.39, 0.29) is 0 Å². The number of hydrogen-bond donors (Lipinski definition) is 2. The first-order valence-electron chi connectivity index (χ1n) is 3.91. The first kappa shape index (κ1) is 10.2. The van der Waals surface area contributed by atoms with Gasteiger partial charge in [0.25, 0.3) is 0 Å². The Morgan fingerprint density at radius 2 is 1.86 bits per heavy atom. The fourth-order valence-corrected chi connectivity index (χ4v) is 1.08. The molecule has 1 aromatic carbocycles. The van der Waals surface area contributed by atoms with Crippen molar-refractivity contribution in [1.82, 2.24) is 0 Å². The van der Waals surface area contributed by atoms with Gasteiger partial charge in [-0.2, -0.15) is 0 Å². The maximum Gasteiger partial charge on any atom is 0.162 e. The molecule has 0 aliphatic heterocycles. The fourth-order valence-electron chi connectivity index (χ4n) is 1.08. The van der Waals surface area contributed by atoms with Gasteiger partial charge in [0.2, 0.25) is 0 Å². The van der Waals surface area contributed by atoms with Gasteiger partial charge in [-0.15, -0.1) is 0 Å². The number of nitrogens with two attached hydrogens (primary N) is 1. The molecular formula is C9H12N2O3. The number of benzene rings is 1. The third-order valence-corrected chi connectivity index (χ3v) is 1.79. The largest absolute Gasteiger partial charge is 0.493 e. The van der Waals surface area contributed by atoms with E-state index in [0.29, 0.717) is 22.7 Å². The van der Waals surface area contributed by atoms with Crippen LogP contribution in [0.2, 0.25) is 0 Å². The van der Waals surface area contributed by atoms with Crippen molar-refractivity contribution in [2.45, 2.75) is 0 Å². The molecule has 0 spiro atoms. The van der Waals surface area contributed by atoms with E-state index in [1.54, 1.807) is 12.1 Å². The minimum absolute atomic E-state index is 0.459. The fraction of sp³-hybridized carbons (Fsp3) is 0.222. The maximum atomic E-state index is 8.38. The van der Waals surface area contributed by atoms with Crippen LogP contribution in [0.15, 0.2) is 17.3 Å². The van der Waals surface area contributed by atoms with Gasteiger partial charge >= 0.3 is 0 Å². The van der Waals surface area contributed by atoms with E-state index >= 15 is 0 Å². The summed E-state index contributed by atoms with van der Waals surface area (Å²) in [5, 5.41) is 11.3. The molecule has 0 saturated heterocycles. The number of nitrogen functional groups attached to an aromatic ring is 1. The van der Waals surface area contributed by atoms with Crippen LogP contribution in [0, 0.1) is 0 Å². The molecule has 3 N–H and O–H groups in total. The van der Waals surface area contributed by atoms with Crippen LogP contribution in [-0.4, -0.2) is 25.6 Å². The van der Waals surface area contributed by atoms with Crippen LogP contribution in [0.3, 0.4) is 0 Å². The zero-order chi connectivity index (χ0) is 10.6. The third kappa shape index (κ3) is 1.87. The molecule has 5 nitrogen and oxygen atoms in total. The van der Waals surface area contributed by atoms with E-state index < -0.39 is 0 Å². The molecule has 0 unspecified atom stereocenters. The van der Waals surface area contributed by atoms with E-state index in [2.05, 4.69) is 5.16 Å². The van der Waals surface area contributed by atoms with Crippen LogP contribution in [-0.2, 0) is 0 Å². The van der Waals surface area contributed by atoms with E-state index in [9.17, 15) is 0 Å². The minimum Gasteiger partial charge on any atom is -0.493 e. The molecule has 0 saturated carbocycles. The zero-order valence-electron chi connectivity index (χ0n) is 8.02. The highest BCUT2D eigenvalue weighted by Crippen LogP contribution is 2.30. The lowest BCUT2D eigenvalue weighted by atomic mass is 10.1. The second-order valence-corrected chi connectivity index (χ2v) is 2.58. The molecule has 1 rings (SSSR count). The summed E-state index contributed by atoms with van der Waals surface area (Å²) in [5.41, 5.74) is 6.70. The second-order valence-electron chi connectivity index (χ2n) is 2.58. The summed E-state index contributed by atoms with van der Waals surface area (Å²) < 4.78 is 10.1. The van der Waals surface area contributed by atoms with Crippen molar-refractivity contribution in [1.29, 1.82) is 0 Å². The molecule has 1 aromatic rings. The standard InChI is InChI=1S/C9H12N2O3/c1-13-8-3-6(5-11-12)7(10)4-9(8)14-2/h3-5,12H,10H2,1-2H3. The lowest BCUT2D eigenvalue weighted by Gasteiger charge is -2.09. The van der Waals surface area contributed by atoms with Crippen molar-refractivity contribution in [2.75, 3.05) is 20.0 Å². The lowest BCUT2D eigenvalue weighted by Crippen LogP contribution is -1.97. The SMILES string of the molecule is COc1cc(N)c(C=NO)cc1OC. The van der Waals surface area contributed by atoms with Crippen molar-refractivity contribution in [3.05, 3.63) is 17.7 Å². The molecule has 0 radical (unpaired) electrons. The normalized spacial score (nSPS) is 10.4. The van der Waals surface area contributed by atoms with Gasteiger partial charge in [0.15, 0.2) is 11.5 Å². The zero-order valence-corrected chi connectivity index (χ0v) is 8.02. The predicted octanol–water partition coefficient (Wildman–Crippen LogP) is 1.09. The topological polar surface area (TPSA) is 77.1 Å². The molecular weight excluding hydrogens is 184 g/mol. The summed E-state index contributed by atoms with van der Waals surface area (Å²) in [6.45, 7) is 0. The van der Waals surface area contributed by atoms with Gasteiger partial charge in [0.05, 0.1) is 20.4 Å². The number of rotatable bonds is 3. The maximum absolute atomic E-state index is 8.38. The molecule has 0 aliphatic rings. The smallest absolute Gasteiger partial charge is 0.162 e. The molecule has 5 heteroatoms. The molecule has 0 amide bonds. The van der Waals surface area contributed by atoms with Gasteiger partial charge in [0, 0.05) is 17.3 Å². The Bertz CT molecular complexity index is 350. The highest BCUT2D eigenvalue weighted by molar-refractivity contribution is 5.88. The van der Waals surface area contributed by atoms with Crippen LogP contribution in [0.1, 0.15) is 5.56 Å². The van der Waals surface area contributed by atoms with Crippen LogP contribution < -0.4 is 15.2 Å². The Kier molecular flexibility index (Phi) is 3.17. The van der Waals surface area contributed by atoms with Crippen LogP contribution in [0.25, 0.3) is 0 Å². The highest BCUT2D eigenvalue weighted by Gasteiger charge is 2.07. The molecule has 0 atom stereocenters. The van der Waals surface area contributed by atoms with Gasteiger partial charge in [0.1, 0.15) is 0 Å². The lowest BCUT2D eigenvalue weighted by molar-refractivity contribution is 0.321. The Morgan fingerprint density at radius 3 is 2.36 bits per heavy atom. The number of ether oxygens (including phenoxy) is 2. The average Bonchev–Trinajstić information content (AvgIpc) is 2.20. The Labute approximate surface area is 81.7 Å². The molecule has 0 aromatic heterocycles. The van der Waals surface area contributed by atoms with E-state index in [0.717, 1.165) is 0 Å². The Morgan fingerprint density at radius 1 is 1.29 bits per heavy atom. The van der Waals surface area contributed by atoms with E-state index in [1.165, 1.54) is 20.4 Å². The van der Waals surface area contributed by atoms with Gasteiger partial charge in [-0.3, -0.25) is 0 Å². The number of nitrogens with zero attached hydrogens (tertiary/aromatic N) is 1. The molecule has 0 fully saturated rings. The summed E-state index contributed by atoms with van der Waals surface area (Å²) in [7, 11) is 3.05. The van der Waals surface area contributed by atoms with E-state index in [4.69, 9.17) is 20.4 Å². The van der Waals surface area contributed by atoms with Crippen molar-refractivity contribution < 1.29 is 14.7 Å². The van der Waals surface area contributed by atoms with Crippen LogP contribution >= 0.6 is 0 Å². The summed E-state index contributed by atoms with van der Waals surface area (Å²) >= 11 is 0. The molecule has 14 heavy (non-hydrogen) atoms. The van der Waals surface area contributed by atoms with Gasteiger partial charge in [-0.1, -0.05) is 5.16 Å². The Balaban J connectivity index is 3.23. The van der Waals surface area contributed by atoms with Crippen LogP contribution in [0.5, 0.6) is 11.5 Å². The van der Waals surface area contributed by atoms with Crippen molar-refractivity contribution in [3.8, 4) is 11.5 Å². The highest BCUT2D eigenvalue weighted by atomic mass is 16.5. The minimum atomic E-state index is 0.459. The van der Waals surface area contributed by atoms with Gasteiger partial charge in [-0.25, -0.2) is 0 Å². The summed E-state index contributed by atoms with van der Waals surface area (Å²) in [6, 6.07) is 3.24. The monoisotopic (exact) mass is 196 g/mol. The quantitative estimate of drug-likeness (QED) is 0.328. The van der Waals surface area contributed by atoms with Crippen molar-refractivity contribution in [2.24, 2.45) is 5.16 Å². The van der Waals surface area contributed by atoms with Crippen LogP contribution in [0.4, 0.5) is 5.69 Å². The summed E-state index contributed by atoms with van der Waals surface area (Å²) in [6.07, 6.45) is 1.23. The molecule has 0 bridgehead atoms. The number of hydrogen-bond acceptors (Lipinski definition) is 5. The summed E-state index contributed by atoms with van der Waals surface area (Å²) in [4.78, 5) is 0. The predicted molar refractivity (Wildman–Crippen MR) is 53.3 cm³/mol.